The van der Waals surface area contributed by atoms with Gasteiger partial charge in [0.15, 0.2) is 5.13 Å². The van der Waals surface area contributed by atoms with Crippen LogP contribution in [-0.2, 0) is 11.2 Å². The Morgan fingerprint density at radius 1 is 1.42 bits per heavy atom. The molecule has 2 amide bonds. The third-order valence-electron chi connectivity index (χ3n) is 3.30. The number of anilines is 1. The molecular formula is C15H16N4O3S2. The second kappa shape index (κ2) is 7.63. The minimum absolute atomic E-state index is 0.0550. The van der Waals surface area contributed by atoms with E-state index in [0.29, 0.717) is 22.3 Å². The number of nitrogens with one attached hydrogen (secondary N) is 1. The number of rotatable bonds is 6. The van der Waals surface area contributed by atoms with E-state index in [0.717, 1.165) is 17.9 Å². The summed E-state index contributed by atoms with van der Waals surface area (Å²) >= 11 is 3.11. The quantitative estimate of drug-likeness (QED) is 0.808. The van der Waals surface area contributed by atoms with Crippen LogP contribution in [0.2, 0.25) is 0 Å². The zero-order valence-corrected chi connectivity index (χ0v) is 14.4. The second-order valence-electron chi connectivity index (χ2n) is 5.23. The van der Waals surface area contributed by atoms with Crippen molar-refractivity contribution in [3.8, 4) is 5.88 Å². The molecule has 0 aliphatic carbocycles. The molecule has 126 valence electrons. The zero-order chi connectivity index (χ0) is 16.9. The number of nitrogens with zero attached hydrogens (tertiary/aromatic N) is 2. The van der Waals surface area contributed by atoms with Crippen molar-refractivity contribution >= 4 is 40.0 Å². The Morgan fingerprint density at radius 2 is 2.29 bits per heavy atom. The molecule has 3 heterocycles. The van der Waals surface area contributed by atoms with E-state index in [2.05, 4.69) is 15.3 Å². The standard InChI is InChI=1S/C15H16N4O3S2/c16-12(20)5-10-7-24-15(18-10)19-14(21)9-1-2-13(17-6-9)22-11-3-4-23-8-11/h1-2,6-7,11H,3-5,8H2,(H2,16,20)(H,18,19,21). The average Bonchev–Trinajstić information content (AvgIpc) is 3.20. The number of hydrogen-bond donors (Lipinski definition) is 2. The third kappa shape index (κ3) is 4.45. The predicted octanol–water partition coefficient (Wildman–Crippen LogP) is 1.70. The van der Waals surface area contributed by atoms with Crippen LogP contribution in [0.1, 0.15) is 22.5 Å². The van der Waals surface area contributed by atoms with E-state index in [-0.39, 0.29) is 18.4 Å². The van der Waals surface area contributed by atoms with Crippen molar-refractivity contribution in [2.24, 2.45) is 5.73 Å². The van der Waals surface area contributed by atoms with Gasteiger partial charge in [0.25, 0.3) is 5.91 Å². The van der Waals surface area contributed by atoms with Crippen LogP contribution in [0, 0.1) is 0 Å². The van der Waals surface area contributed by atoms with Crippen LogP contribution >= 0.6 is 23.1 Å². The third-order valence-corrected chi connectivity index (χ3v) is 5.24. The van der Waals surface area contributed by atoms with E-state index < -0.39 is 5.91 Å². The lowest BCUT2D eigenvalue weighted by Gasteiger charge is -2.11. The fourth-order valence-electron chi connectivity index (χ4n) is 2.15. The van der Waals surface area contributed by atoms with Crippen molar-refractivity contribution in [2.75, 3.05) is 16.8 Å². The first-order valence-corrected chi connectivity index (χ1v) is 9.38. The smallest absolute Gasteiger partial charge is 0.259 e. The van der Waals surface area contributed by atoms with Gasteiger partial charge in [-0.25, -0.2) is 9.97 Å². The van der Waals surface area contributed by atoms with Gasteiger partial charge >= 0.3 is 0 Å². The summed E-state index contributed by atoms with van der Waals surface area (Å²) in [5.74, 6) is 1.83. The monoisotopic (exact) mass is 364 g/mol. The first-order chi connectivity index (χ1) is 11.6. The van der Waals surface area contributed by atoms with Gasteiger partial charge in [0.2, 0.25) is 11.8 Å². The van der Waals surface area contributed by atoms with Gasteiger partial charge in [0, 0.05) is 23.4 Å². The van der Waals surface area contributed by atoms with Crippen molar-refractivity contribution in [1.82, 2.24) is 9.97 Å². The summed E-state index contributed by atoms with van der Waals surface area (Å²) in [6.45, 7) is 0. The highest BCUT2D eigenvalue weighted by Gasteiger charge is 2.18. The number of hydrogen-bond acceptors (Lipinski definition) is 7. The van der Waals surface area contributed by atoms with Crippen LogP contribution in [0.3, 0.4) is 0 Å². The molecule has 0 bridgehead atoms. The molecule has 1 fully saturated rings. The van der Waals surface area contributed by atoms with Crippen LogP contribution < -0.4 is 15.8 Å². The Morgan fingerprint density at radius 3 is 2.96 bits per heavy atom. The van der Waals surface area contributed by atoms with Gasteiger partial charge in [0.05, 0.1) is 17.7 Å². The Kier molecular flexibility index (Phi) is 5.31. The number of aromatic nitrogens is 2. The number of carbonyl (C=O) groups is 2. The minimum Gasteiger partial charge on any atom is -0.473 e. The molecule has 9 heteroatoms. The molecule has 0 aromatic carbocycles. The van der Waals surface area contributed by atoms with E-state index >= 15 is 0 Å². The van der Waals surface area contributed by atoms with Gasteiger partial charge < -0.3 is 10.5 Å². The van der Waals surface area contributed by atoms with E-state index in [1.165, 1.54) is 17.5 Å². The number of amides is 2. The molecule has 0 radical (unpaired) electrons. The van der Waals surface area contributed by atoms with Gasteiger partial charge in [-0.1, -0.05) is 0 Å². The highest BCUT2D eigenvalue weighted by Crippen LogP contribution is 2.22. The Bertz CT molecular complexity index is 727. The normalized spacial score (nSPS) is 16.8. The minimum atomic E-state index is -0.460. The summed E-state index contributed by atoms with van der Waals surface area (Å²) < 4.78 is 5.75. The summed E-state index contributed by atoms with van der Waals surface area (Å²) in [6, 6.07) is 3.36. The SMILES string of the molecule is NC(=O)Cc1csc(NC(=O)c2ccc(OC3CCSC3)nc2)n1. The van der Waals surface area contributed by atoms with Crippen molar-refractivity contribution < 1.29 is 14.3 Å². The number of thioether (sulfide) groups is 1. The zero-order valence-electron chi connectivity index (χ0n) is 12.7. The van der Waals surface area contributed by atoms with Crippen molar-refractivity contribution in [2.45, 2.75) is 18.9 Å². The van der Waals surface area contributed by atoms with Gasteiger partial charge in [-0.05, 0) is 18.2 Å². The molecule has 1 aliphatic rings. The Labute approximate surface area is 147 Å². The highest BCUT2D eigenvalue weighted by molar-refractivity contribution is 7.99. The van der Waals surface area contributed by atoms with Crippen LogP contribution in [0.25, 0.3) is 0 Å². The largest absolute Gasteiger partial charge is 0.473 e. The summed E-state index contributed by atoms with van der Waals surface area (Å²) in [5.41, 5.74) is 6.07. The summed E-state index contributed by atoms with van der Waals surface area (Å²) in [5, 5.41) is 4.78. The number of ether oxygens (including phenoxy) is 1. The maximum Gasteiger partial charge on any atom is 0.259 e. The summed E-state index contributed by atoms with van der Waals surface area (Å²) in [4.78, 5) is 31.4. The van der Waals surface area contributed by atoms with Gasteiger partial charge in [-0.2, -0.15) is 11.8 Å². The van der Waals surface area contributed by atoms with Gasteiger partial charge in [-0.3, -0.25) is 14.9 Å². The number of nitrogens with two attached hydrogens (primary N) is 1. The summed E-state index contributed by atoms with van der Waals surface area (Å²) in [7, 11) is 0. The Balaban J connectivity index is 1.58. The van der Waals surface area contributed by atoms with E-state index in [1.54, 1.807) is 17.5 Å². The molecule has 0 saturated carbocycles. The molecule has 1 aliphatic heterocycles. The molecule has 1 unspecified atom stereocenters. The molecule has 3 rings (SSSR count). The molecule has 24 heavy (non-hydrogen) atoms. The van der Waals surface area contributed by atoms with Gasteiger partial charge in [-0.15, -0.1) is 11.3 Å². The number of pyridine rings is 1. The van der Waals surface area contributed by atoms with Crippen LogP contribution in [0.15, 0.2) is 23.7 Å². The molecule has 0 spiro atoms. The van der Waals surface area contributed by atoms with E-state index in [1.807, 2.05) is 11.8 Å². The second-order valence-corrected chi connectivity index (χ2v) is 7.24. The number of thiazole rings is 1. The molecule has 2 aromatic heterocycles. The first kappa shape index (κ1) is 16.7. The average molecular weight is 364 g/mol. The van der Waals surface area contributed by atoms with Crippen molar-refractivity contribution in [1.29, 1.82) is 0 Å². The number of carbonyl (C=O) groups excluding carboxylic acids is 2. The number of primary amides is 1. The molecular weight excluding hydrogens is 348 g/mol. The highest BCUT2D eigenvalue weighted by atomic mass is 32.2. The molecule has 3 N–H and O–H groups in total. The molecule has 1 saturated heterocycles. The van der Waals surface area contributed by atoms with Gasteiger partial charge in [0.1, 0.15) is 6.10 Å². The van der Waals surface area contributed by atoms with Crippen LogP contribution in [-0.4, -0.2) is 39.4 Å². The maximum atomic E-state index is 12.2. The van der Waals surface area contributed by atoms with Crippen molar-refractivity contribution in [3.05, 3.63) is 35.0 Å². The molecule has 7 nitrogen and oxygen atoms in total. The van der Waals surface area contributed by atoms with Crippen molar-refractivity contribution in [3.63, 3.8) is 0 Å². The van der Waals surface area contributed by atoms with E-state index in [4.69, 9.17) is 10.5 Å². The molecule has 2 aromatic rings. The lowest BCUT2D eigenvalue weighted by Crippen LogP contribution is -2.16. The van der Waals surface area contributed by atoms with Crippen LogP contribution in [0.4, 0.5) is 5.13 Å². The van der Waals surface area contributed by atoms with Crippen LogP contribution in [0.5, 0.6) is 5.88 Å². The lowest BCUT2D eigenvalue weighted by atomic mass is 10.2. The summed E-state index contributed by atoms with van der Waals surface area (Å²) in [6.07, 6.45) is 2.75. The van der Waals surface area contributed by atoms with E-state index in [9.17, 15) is 9.59 Å². The maximum absolute atomic E-state index is 12.2. The lowest BCUT2D eigenvalue weighted by molar-refractivity contribution is -0.117. The predicted molar refractivity (Wildman–Crippen MR) is 93.6 cm³/mol. The topological polar surface area (TPSA) is 107 Å². The fourth-order valence-corrected chi connectivity index (χ4v) is 3.95. The molecule has 1 atom stereocenters. The first-order valence-electron chi connectivity index (χ1n) is 7.34. The fraction of sp³-hybridized carbons (Fsp3) is 0.333. The Hall–Kier alpha value is -2.13.